The summed E-state index contributed by atoms with van der Waals surface area (Å²) >= 11 is 0. The van der Waals surface area contributed by atoms with Gasteiger partial charge in [0.1, 0.15) is 22.0 Å². The first kappa shape index (κ1) is 25.6. The quantitative estimate of drug-likeness (QED) is 0.270. The van der Waals surface area contributed by atoms with E-state index in [1.807, 2.05) is 55.4 Å². The summed E-state index contributed by atoms with van der Waals surface area (Å²) in [4.78, 5) is 21.5. The summed E-state index contributed by atoms with van der Waals surface area (Å²) < 4.78 is 22.6. The number of hydrogen-bond acceptors (Lipinski definition) is 5. The summed E-state index contributed by atoms with van der Waals surface area (Å²) in [5.74, 6) is -0.181. The van der Waals surface area contributed by atoms with E-state index in [9.17, 15) is 9.59 Å². The van der Waals surface area contributed by atoms with E-state index in [0.717, 1.165) is 0 Å². The molecule has 0 aliphatic carbocycles. The molecule has 3 heterocycles. The fraction of sp³-hybridized carbons (Fsp3) is 0.857. The van der Waals surface area contributed by atoms with Crippen LogP contribution in [0.1, 0.15) is 83.1 Å². The molecule has 0 aromatic rings. The van der Waals surface area contributed by atoms with Gasteiger partial charge in [0.05, 0.1) is 11.2 Å². The summed E-state index contributed by atoms with van der Waals surface area (Å²) in [6.07, 6.45) is 0. The molecule has 156 valence electrons. The average Bonchev–Trinajstić information content (AvgIpc) is 2.96. The monoisotopic (exact) mass is 384 g/mol. The number of hydrogen-bond donors (Lipinski definition) is 0. The van der Waals surface area contributed by atoms with Crippen molar-refractivity contribution in [2.45, 2.75) is 105 Å². The van der Waals surface area contributed by atoms with Crippen LogP contribution in [-0.2, 0) is 28.5 Å². The Labute approximate surface area is 164 Å². The van der Waals surface area contributed by atoms with E-state index in [1.54, 1.807) is 0 Å². The van der Waals surface area contributed by atoms with Crippen LogP contribution in [0.15, 0.2) is 0 Å². The van der Waals surface area contributed by atoms with Crippen LogP contribution in [0.4, 0.5) is 0 Å². The van der Waals surface area contributed by atoms with Crippen LogP contribution in [0.3, 0.4) is 0 Å². The standard InChI is InChI=1S/2C7H12O2.C6H12O.CO/c2*1-6(2)5(8)9-7(6,3)4;1-5(2)6(3,4)7-5;1-2/h2*1-4H3;1-4H3;. The molecule has 0 unspecified atom stereocenters. The number of carbonyl (C=O) groups excluding carboxylic acids is 2. The third-order valence-electron chi connectivity index (χ3n) is 6.65. The number of rotatable bonds is 0. The van der Waals surface area contributed by atoms with Gasteiger partial charge in [0.15, 0.2) is 0 Å². The van der Waals surface area contributed by atoms with Crippen molar-refractivity contribution >= 4 is 11.9 Å². The van der Waals surface area contributed by atoms with Crippen LogP contribution < -0.4 is 0 Å². The number of epoxide rings is 1. The van der Waals surface area contributed by atoms with Crippen molar-refractivity contribution in [1.29, 1.82) is 0 Å². The molecule has 3 saturated heterocycles. The molecule has 0 radical (unpaired) electrons. The molecule has 3 aliphatic heterocycles. The third kappa shape index (κ3) is 4.74. The summed E-state index contributed by atoms with van der Waals surface area (Å²) in [5.41, 5.74) is -0.797. The first-order valence-electron chi connectivity index (χ1n) is 9.09. The van der Waals surface area contributed by atoms with Crippen molar-refractivity contribution in [2.24, 2.45) is 10.8 Å². The van der Waals surface area contributed by atoms with Gasteiger partial charge in [-0.2, -0.15) is 0 Å². The Bertz CT molecular complexity index is 555. The van der Waals surface area contributed by atoms with Crippen molar-refractivity contribution in [2.75, 3.05) is 0 Å². The van der Waals surface area contributed by atoms with Gasteiger partial charge < -0.3 is 14.2 Å². The maximum atomic E-state index is 10.7. The van der Waals surface area contributed by atoms with E-state index >= 15 is 0 Å². The summed E-state index contributed by atoms with van der Waals surface area (Å²) in [5, 5.41) is 0. The zero-order chi connectivity index (χ0) is 22.3. The number of cyclic esters (lactones) is 2. The summed E-state index contributed by atoms with van der Waals surface area (Å²) in [7, 11) is 0. The second-order valence-corrected chi connectivity index (χ2v) is 10.2. The van der Waals surface area contributed by atoms with Gasteiger partial charge in [-0.05, 0) is 83.1 Å². The van der Waals surface area contributed by atoms with Gasteiger partial charge in [0, 0.05) is 0 Å². The molecule has 0 spiro atoms. The van der Waals surface area contributed by atoms with Gasteiger partial charge >= 0.3 is 23.2 Å². The molecule has 0 N–H and O–H groups in total. The second-order valence-electron chi connectivity index (χ2n) is 10.2. The molecule has 6 nitrogen and oxygen atoms in total. The van der Waals surface area contributed by atoms with Crippen LogP contribution in [0.25, 0.3) is 0 Å². The molecule has 0 bridgehead atoms. The van der Waals surface area contributed by atoms with E-state index in [0.29, 0.717) is 0 Å². The van der Waals surface area contributed by atoms with Gasteiger partial charge in [-0.15, -0.1) is 0 Å². The van der Waals surface area contributed by atoms with E-state index < -0.39 is 0 Å². The Morgan fingerprint density at radius 1 is 0.556 bits per heavy atom. The topological polar surface area (TPSA) is 85.0 Å². The van der Waals surface area contributed by atoms with Gasteiger partial charge in [0.2, 0.25) is 0 Å². The Hall–Kier alpha value is -1.36. The van der Waals surface area contributed by atoms with Crippen LogP contribution in [0.2, 0.25) is 0 Å². The van der Waals surface area contributed by atoms with Crippen molar-refractivity contribution in [3.05, 3.63) is 6.65 Å². The SMILES string of the molecule is CC1(C)OC(=O)C1(C)C.CC1(C)OC(=O)C1(C)C.CC1(C)OC1(C)C.[C-]#[O+]. The Kier molecular flexibility index (Phi) is 6.87. The van der Waals surface area contributed by atoms with E-state index in [2.05, 4.69) is 34.3 Å². The van der Waals surface area contributed by atoms with Crippen molar-refractivity contribution in [1.82, 2.24) is 0 Å². The molecule has 0 aromatic carbocycles. The van der Waals surface area contributed by atoms with E-state index in [4.69, 9.17) is 18.9 Å². The Morgan fingerprint density at radius 2 is 0.741 bits per heavy atom. The molecule has 6 heteroatoms. The molecule has 3 fully saturated rings. The van der Waals surface area contributed by atoms with Crippen LogP contribution >= 0.6 is 0 Å². The van der Waals surface area contributed by atoms with Crippen molar-refractivity contribution < 1.29 is 28.5 Å². The summed E-state index contributed by atoms with van der Waals surface area (Å²) in [6.45, 7) is 28.2. The number of ether oxygens (including phenoxy) is 3. The number of esters is 2. The van der Waals surface area contributed by atoms with Gasteiger partial charge in [-0.25, -0.2) is 0 Å². The zero-order valence-corrected chi connectivity index (χ0v) is 18.9. The van der Waals surface area contributed by atoms with Crippen molar-refractivity contribution in [3.8, 4) is 0 Å². The Balaban J connectivity index is 0.000000361. The van der Waals surface area contributed by atoms with Crippen LogP contribution in [0, 0.1) is 17.5 Å². The Morgan fingerprint density at radius 3 is 0.741 bits per heavy atom. The minimum atomic E-state index is -0.285. The molecule has 0 amide bonds. The van der Waals surface area contributed by atoms with Gasteiger partial charge in [0.25, 0.3) is 0 Å². The first-order chi connectivity index (χ1) is 11.7. The fourth-order valence-electron chi connectivity index (χ4n) is 1.99. The van der Waals surface area contributed by atoms with E-state index in [-0.39, 0.29) is 45.2 Å². The van der Waals surface area contributed by atoms with Crippen molar-refractivity contribution in [3.63, 3.8) is 0 Å². The average molecular weight is 385 g/mol. The fourth-order valence-corrected chi connectivity index (χ4v) is 1.99. The maximum absolute atomic E-state index is 10.7. The molecule has 27 heavy (non-hydrogen) atoms. The normalized spacial score (nSPS) is 27.6. The molecule has 3 aliphatic rings. The van der Waals surface area contributed by atoms with Crippen LogP contribution in [-0.4, -0.2) is 34.3 Å². The summed E-state index contributed by atoms with van der Waals surface area (Å²) in [6, 6.07) is 0. The predicted octanol–water partition coefficient (Wildman–Crippen LogP) is 4.23. The molecular weight excluding hydrogens is 348 g/mol. The molecule has 3 rings (SSSR count). The number of carbonyl (C=O) groups is 2. The predicted molar refractivity (Wildman–Crippen MR) is 101 cm³/mol. The molecule has 0 aromatic heterocycles. The minimum absolute atomic E-state index is 0.0903. The van der Waals surface area contributed by atoms with Gasteiger partial charge in [-0.3, -0.25) is 9.59 Å². The molecule has 0 saturated carbocycles. The molecular formula is C21H36O6. The van der Waals surface area contributed by atoms with Crippen LogP contribution in [0.5, 0.6) is 0 Å². The third-order valence-corrected chi connectivity index (χ3v) is 6.65. The first-order valence-corrected chi connectivity index (χ1v) is 9.09. The zero-order valence-electron chi connectivity index (χ0n) is 18.9. The molecule has 0 atom stereocenters. The van der Waals surface area contributed by atoms with Gasteiger partial charge in [-0.1, -0.05) is 0 Å². The van der Waals surface area contributed by atoms with E-state index in [1.165, 1.54) is 0 Å². The second kappa shape index (κ2) is 7.23.